The molecule has 0 aliphatic heterocycles. The monoisotopic (exact) mass is 326 g/mol. The van der Waals surface area contributed by atoms with Crippen LogP contribution in [0.3, 0.4) is 0 Å². The molecule has 0 unspecified atom stereocenters. The summed E-state index contributed by atoms with van der Waals surface area (Å²) in [6, 6.07) is 1.26. The quantitative estimate of drug-likeness (QED) is 0.495. The van der Waals surface area contributed by atoms with E-state index in [1.165, 1.54) is 17.8 Å². The van der Waals surface area contributed by atoms with E-state index >= 15 is 0 Å². The van der Waals surface area contributed by atoms with E-state index in [0.717, 1.165) is 0 Å². The van der Waals surface area contributed by atoms with Crippen LogP contribution in [-0.4, -0.2) is 16.2 Å². The van der Waals surface area contributed by atoms with Crippen LogP contribution in [0.15, 0.2) is 11.2 Å². The molecule has 0 radical (unpaired) electrons. The Kier molecular flexibility index (Phi) is 2.65. The van der Waals surface area contributed by atoms with Crippen LogP contribution in [-0.2, 0) is 0 Å². The molecule has 2 nitrogen and oxygen atoms in total. The lowest BCUT2D eigenvalue weighted by Gasteiger charge is -1.96. The van der Waals surface area contributed by atoms with Gasteiger partial charge in [-0.2, -0.15) is 0 Å². The molecule has 0 spiro atoms. The molecule has 0 saturated carbocycles. The molecule has 14 heavy (non-hydrogen) atoms. The summed E-state index contributed by atoms with van der Waals surface area (Å²) in [6.45, 7) is 0. The maximum atomic E-state index is 13.5. The van der Waals surface area contributed by atoms with Crippen LogP contribution < -0.4 is 0 Å². The summed E-state index contributed by atoms with van der Waals surface area (Å²) < 4.78 is 26.6. The second-order valence-electron chi connectivity index (χ2n) is 2.63. The summed E-state index contributed by atoms with van der Waals surface area (Å²) in [6.07, 6.45) is 1.82. The van der Waals surface area contributed by atoms with Crippen molar-refractivity contribution >= 4 is 45.4 Å². The zero-order valence-corrected chi connectivity index (χ0v) is 10.0. The summed E-state index contributed by atoms with van der Waals surface area (Å²) in [5.74, 6) is -1.16. The molecule has 0 bridgehead atoms. The van der Waals surface area contributed by atoms with Crippen molar-refractivity contribution in [1.29, 1.82) is 0 Å². The highest BCUT2D eigenvalue weighted by molar-refractivity contribution is 14.1. The van der Waals surface area contributed by atoms with Crippen molar-refractivity contribution in [3.05, 3.63) is 21.3 Å². The number of aromatic amines is 1. The fourth-order valence-electron chi connectivity index (χ4n) is 1.13. The minimum atomic E-state index is -0.600. The molecule has 0 amide bonds. The standard InChI is InChI=1S/C8H5F2IN2S/c1-14-8-12-4-2-3(9)6(11)5(10)7(4)13-8/h2H,1H3,(H,12,13). The van der Waals surface area contributed by atoms with E-state index in [1.807, 2.05) is 6.26 Å². The topological polar surface area (TPSA) is 28.7 Å². The van der Waals surface area contributed by atoms with Crippen molar-refractivity contribution in [2.45, 2.75) is 5.16 Å². The Morgan fingerprint density at radius 1 is 1.50 bits per heavy atom. The third-order valence-corrected chi connectivity index (χ3v) is 3.35. The van der Waals surface area contributed by atoms with Crippen molar-refractivity contribution in [2.24, 2.45) is 0 Å². The van der Waals surface area contributed by atoms with E-state index in [4.69, 9.17) is 0 Å². The van der Waals surface area contributed by atoms with E-state index < -0.39 is 11.6 Å². The van der Waals surface area contributed by atoms with Gasteiger partial charge in [-0.25, -0.2) is 13.8 Å². The summed E-state index contributed by atoms with van der Waals surface area (Å²) in [7, 11) is 0. The Balaban J connectivity index is 2.81. The maximum Gasteiger partial charge on any atom is 0.167 e. The first-order valence-electron chi connectivity index (χ1n) is 3.70. The van der Waals surface area contributed by atoms with Gasteiger partial charge in [0.2, 0.25) is 0 Å². The summed E-state index contributed by atoms with van der Waals surface area (Å²) >= 11 is 2.98. The average molecular weight is 326 g/mol. The highest BCUT2D eigenvalue weighted by atomic mass is 127. The number of hydrogen-bond donors (Lipinski definition) is 1. The molecular weight excluding hydrogens is 321 g/mol. The molecule has 2 aromatic rings. The molecule has 0 fully saturated rings. The minimum Gasteiger partial charge on any atom is -0.333 e. The number of thioether (sulfide) groups is 1. The number of nitrogens with zero attached hydrogens (tertiary/aromatic N) is 1. The van der Waals surface area contributed by atoms with Gasteiger partial charge < -0.3 is 4.98 Å². The van der Waals surface area contributed by atoms with Gasteiger partial charge >= 0.3 is 0 Å². The second kappa shape index (κ2) is 3.65. The van der Waals surface area contributed by atoms with Gasteiger partial charge in [0.1, 0.15) is 11.3 Å². The fourth-order valence-corrected chi connectivity index (χ4v) is 1.94. The molecule has 0 saturated heterocycles. The molecule has 2 rings (SSSR count). The molecule has 74 valence electrons. The predicted octanol–water partition coefficient (Wildman–Crippen LogP) is 3.17. The fraction of sp³-hybridized carbons (Fsp3) is 0.125. The Hall–Kier alpha value is -0.370. The number of imidazole rings is 1. The van der Waals surface area contributed by atoms with Gasteiger partial charge in [-0.15, -0.1) is 0 Å². The van der Waals surface area contributed by atoms with Gasteiger partial charge in [-0.1, -0.05) is 11.8 Å². The molecule has 1 aromatic carbocycles. The second-order valence-corrected chi connectivity index (χ2v) is 4.50. The number of H-pyrrole nitrogens is 1. The Bertz CT molecular complexity index is 498. The number of halogens is 3. The number of rotatable bonds is 1. The van der Waals surface area contributed by atoms with Gasteiger partial charge in [-0.3, -0.25) is 0 Å². The van der Waals surface area contributed by atoms with Crippen LogP contribution in [0.1, 0.15) is 0 Å². The van der Waals surface area contributed by atoms with Crippen LogP contribution in [0.2, 0.25) is 0 Å². The van der Waals surface area contributed by atoms with Gasteiger partial charge in [0.25, 0.3) is 0 Å². The number of fused-ring (bicyclic) bond motifs is 1. The Labute approximate surface area is 96.6 Å². The summed E-state index contributed by atoms with van der Waals surface area (Å²) in [4.78, 5) is 6.82. The molecule has 0 aliphatic carbocycles. The largest absolute Gasteiger partial charge is 0.333 e. The summed E-state index contributed by atoms with van der Waals surface area (Å²) in [5.41, 5.74) is 0.588. The third kappa shape index (κ3) is 1.50. The van der Waals surface area contributed by atoms with Crippen LogP contribution >= 0.6 is 34.4 Å². The first kappa shape index (κ1) is 10.2. The van der Waals surface area contributed by atoms with Crippen LogP contribution in [0.4, 0.5) is 8.78 Å². The van der Waals surface area contributed by atoms with Crippen LogP contribution in [0, 0.1) is 15.2 Å². The molecule has 1 aromatic heterocycles. The van der Waals surface area contributed by atoms with Crippen molar-refractivity contribution in [3.63, 3.8) is 0 Å². The van der Waals surface area contributed by atoms with Gasteiger partial charge in [0.15, 0.2) is 11.0 Å². The first-order chi connectivity index (χ1) is 6.63. The smallest absolute Gasteiger partial charge is 0.167 e. The molecule has 6 heteroatoms. The lowest BCUT2D eigenvalue weighted by molar-refractivity contribution is 0.578. The van der Waals surface area contributed by atoms with E-state index in [0.29, 0.717) is 10.7 Å². The zero-order chi connectivity index (χ0) is 10.3. The minimum absolute atomic E-state index is 0.0192. The van der Waals surface area contributed by atoms with Crippen molar-refractivity contribution in [3.8, 4) is 0 Å². The summed E-state index contributed by atoms with van der Waals surface area (Å²) in [5, 5.41) is 0.584. The predicted molar refractivity (Wildman–Crippen MR) is 60.5 cm³/mol. The van der Waals surface area contributed by atoms with Crippen LogP contribution in [0.25, 0.3) is 11.0 Å². The van der Waals surface area contributed by atoms with Gasteiger partial charge in [0, 0.05) is 6.07 Å². The number of nitrogens with one attached hydrogen (secondary N) is 1. The highest BCUT2D eigenvalue weighted by Gasteiger charge is 2.14. The van der Waals surface area contributed by atoms with Gasteiger partial charge in [-0.05, 0) is 28.8 Å². The highest BCUT2D eigenvalue weighted by Crippen LogP contribution is 2.25. The molecule has 0 atom stereocenters. The van der Waals surface area contributed by atoms with E-state index in [-0.39, 0.29) is 9.09 Å². The molecule has 1 N–H and O–H groups in total. The molecule has 1 heterocycles. The lowest BCUT2D eigenvalue weighted by atomic mass is 10.3. The van der Waals surface area contributed by atoms with Crippen molar-refractivity contribution < 1.29 is 8.78 Å². The average Bonchev–Trinajstić information content (AvgIpc) is 2.57. The number of aromatic nitrogens is 2. The zero-order valence-electron chi connectivity index (χ0n) is 7.07. The van der Waals surface area contributed by atoms with E-state index in [2.05, 4.69) is 9.97 Å². The van der Waals surface area contributed by atoms with E-state index in [9.17, 15) is 8.78 Å². The lowest BCUT2D eigenvalue weighted by Crippen LogP contribution is -1.89. The van der Waals surface area contributed by atoms with Crippen molar-refractivity contribution in [1.82, 2.24) is 9.97 Å². The SMILES string of the molecule is CSc1nc2c(F)c(I)c(F)cc2[nH]1. The van der Waals surface area contributed by atoms with Crippen molar-refractivity contribution in [2.75, 3.05) is 6.26 Å². The molecule has 0 aliphatic rings. The van der Waals surface area contributed by atoms with Gasteiger partial charge in [0.05, 0.1) is 9.09 Å². The Morgan fingerprint density at radius 3 is 2.86 bits per heavy atom. The Morgan fingerprint density at radius 2 is 2.21 bits per heavy atom. The number of benzene rings is 1. The normalized spacial score (nSPS) is 11.1. The molecular formula is C8H5F2IN2S. The third-order valence-electron chi connectivity index (χ3n) is 1.78. The first-order valence-corrected chi connectivity index (χ1v) is 6.01. The maximum absolute atomic E-state index is 13.5. The number of hydrogen-bond acceptors (Lipinski definition) is 2. The van der Waals surface area contributed by atoms with E-state index in [1.54, 1.807) is 22.6 Å². The van der Waals surface area contributed by atoms with Crippen LogP contribution in [0.5, 0.6) is 0 Å².